The summed E-state index contributed by atoms with van der Waals surface area (Å²) in [5.74, 6) is 0.795. The molecule has 0 aliphatic heterocycles. The lowest BCUT2D eigenvalue weighted by molar-refractivity contribution is 0.137. The fourth-order valence-electron chi connectivity index (χ4n) is 2.59. The summed E-state index contributed by atoms with van der Waals surface area (Å²) in [7, 11) is 0. The molecule has 1 rings (SSSR count). The van der Waals surface area contributed by atoms with Crippen LogP contribution in [0.2, 0.25) is 0 Å². The van der Waals surface area contributed by atoms with E-state index in [0.29, 0.717) is 6.04 Å². The zero-order chi connectivity index (χ0) is 11.1. The van der Waals surface area contributed by atoms with Gasteiger partial charge in [0.25, 0.3) is 0 Å². The highest BCUT2D eigenvalue weighted by atomic mass is 16.3. The van der Waals surface area contributed by atoms with Crippen LogP contribution < -0.4 is 5.32 Å². The monoisotopic (exact) mass is 213 g/mol. The van der Waals surface area contributed by atoms with E-state index >= 15 is 0 Å². The normalized spacial score (nSPS) is 21.8. The molecule has 0 saturated heterocycles. The minimum atomic E-state index is -0.132. The van der Waals surface area contributed by atoms with E-state index in [1.54, 1.807) is 0 Å². The van der Waals surface area contributed by atoms with E-state index in [9.17, 15) is 5.11 Å². The van der Waals surface area contributed by atoms with Crippen molar-refractivity contribution in [1.29, 1.82) is 0 Å². The van der Waals surface area contributed by atoms with Crippen molar-refractivity contribution in [1.82, 2.24) is 5.32 Å². The highest BCUT2D eigenvalue weighted by Crippen LogP contribution is 2.28. The molecule has 1 aliphatic rings. The van der Waals surface area contributed by atoms with Gasteiger partial charge in [-0.1, -0.05) is 39.0 Å². The van der Waals surface area contributed by atoms with Crippen LogP contribution in [-0.4, -0.2) is 23.8 Å². The fraction of sp³-hybridized carbons (Fsp3) is 1.00. The predicted octanol–water partition coefficient (Wildman–Crippen LogP) is 2.71. The van der Waals surface area contributed by atoms with Crippen molar-refractivity contribution < 1.29 is 5.11 Å². The number of aliphatic hydroxyl groups is 1. The smallest absolute Gasteiger partial charge is 0.0667 e. The maximum atomic E-state index is 9.86. The van der Waals surface area contributed by atoms with E-state index in [1.807, 2.05) is 0 Å². The van der Waals surface area contributed by atoms with Gasteiger partial charge in [-0.25, -0.2) is 0 Å². The van der Waals surface area contributed by atoms with E-state index < -0.39 is 0 Å². The second-order valence-electron chi connectivity index (χ2n) is 5.14. The molecule has 0 bridgehead atoms. The summed E-state index contributed by atoms with van der Waals surface area (Å²) in [5.41, 5.74) is 0. The summed E-state index contributed by atoms with van der Waals surface area (Å²) in [5, 5.41) is 13.3. The van der Waals surface area contributed by atoms with E-state index in [-0.39, 0.29) is 6.10 Å². The zero-order valence-corrected chi connectivity index (χ0v) is 10.3. The van der Waals surface area contributed by atoms with Gasteiger partial charge in [-0.2, -0.15) is 0 Å². The first-order chi connectivity index (χ1) is 7.22. The SMILES string of the molecule is CCCC(C)NCC(O)CC1CCCC1. The van der Waals surface area contributed by atoms with Gasteiger partial charge >= 0.3 is 0 Å². The van der Waals surface area contributed by atoms with Crippen molar-refractivity contribution in [3.05, 3.63) is 0 Å². The second kappa shape index (κ2) is 7.24. The van der Waals surface area contributed by atoms with Crippen molar-refractivity contribution in [3.8, 4) is 0 Å². The van der Waals surface area contributed by atoms with Crippen LogP contribution in [0.25, 0.3) is 0 Å². The molecule has 2 N–H and O–H groups in total. The molecule has 1 saturated carbocycles. The van der Waals surface area contributed by atoms with E-state index in [4.69, 9.17) is 0 Å². The molecule has 0 amide bonds. The Morgan fingerprint density at radius 3 is 2.60 bits per heavy atom. The Hall–Kier alpha value is -0.0800. The Morgan fingerprint density at radius 1 is 1.33 bits per heavy atom. The predicted molar refractivity (Wildman–Crippen MR) is 65.0 cm³/mol. The van der Waals surface area contributed by atoms with E-state index in [1.165, 1.54) is 38.5 Å². The quantitative estimate of drug-likeness (QED) is 0.681. The highest BCUT2D eigenvalue weighted by molar-refractivity contribution is 4.73. The average molecular weight is 213 g/mol. The summed E-state index contributed by atoms with van der Waals surface area (Å²) in [6, 6.07) is 0.549. The van der Waals surface area contributed by atoms with Crippen molar-refractivity contribution in [2.24, 2.45) is 5.92 Å². The molecule has 2 nitrogen and oxygen atoms in total. The summed E-state index contributed by atoms with van der Waals surface area (Å²) in [6.07, 6.45) is 8.71. The Labute approximate surface area is 94.5 Å². The average Bonchev–Trinajstić information content (AvgIpc) is 2.68. The molecule has 0 heterocycles. The van der Waals surface area contributed by atoms with Crippen LogP contribution in [0.3, 0.4) is 0 Å². The van der Waals surface area contributed by atoms with E-state index in [0.717, 1.165) is 18.9 Å². The number of nitrogens with one attached hydrogen (secondary N) is 1. The minimum Gasteiger partial charge on any atom is -0.392 e. The zero-order valence-electron chi connectivity index (χ0n) is 10.3. The molecule has 0 aromatic heterocycles. The third-order valence-electron chi connectivity index (χ3n) is 3.50. The molecule has 0 aromatic carbocycles. The molecule has 1 aliphatic carbocycles. The number of hydrogen-bond acceptors (Lipinski definition) is 2. The van der Waals surface area contributed by atoms with E-state index in [2.05, 4.69) is 19.2 Å². The molecular formula is C13H27NO. The first-order valence-corrected chi connectivity index (χ1v) is 6.63. The first kappa shape index (κ1) is 13.0. The van der Waals surface area contributed by atoms with Gasteiger partial charge in [0.15, 0.2) is 0 Å². The fourth-order valence-corrected chi connectivity index (χ4v) is 2.59. The van der Waals surface area contributed by atoms with Crippen molar-refractivity contribution in [2.45, 2.75) is 70.9 Å². The number of hydrogen-bond donors (Lipinski definition) is 2. The topological polar surface area (TPSA) is 32.3 Å². The standard InChI is InChI=1S/C13H27NO/c1-3-6-11(2)14-10-13(15)9-12-7-4-5-8-12/h11-15H,3-10H2,1-2H3. The maximum Gasteiger partial charge on any atom is 0.0667 e. The molecule has 90 valence electrons. The molecule has 2 heteroatoms. The molecular weight excluding hydrogens is 186 g/mol. The van der Waals surface area contributed by atoms with Gasteiger partial charge in [0, 0.05) is 12.6 Å². The van der Waals surface area contributed by atoms with Crippen LogP contribution in [0.15, 0.2) is 0 Å². The first-order valence-electron chi connectivity index (χ1n) is 6.63. The van der Waals surface area contributed by atoms with Gasteiger partial charge in [0.2, 0.25) is 0 Å². The van der Waals surface area contributed by atoms with Crippen LogP contribution in [0.4, 0.5) is 0 Å². The van der Waals surface area contributed by atoms with Gasteiger partial charge in [-0.3, -0.25) is 0 Å². The lowest BCUT2D eigenvalue weighted by atomic mass is 10.00. The van der Waals surface area contributed by atoms with Crippen LogP contribution >= 0.6 is 0 Å². The number of rotatable bonds is 7. The van der Waals surface area contributed by atoms with Crippen molar-refractivity contribution in [3.63, 3.8) is 0 Å². The Bertz CT molecular complexity index is 155. The van der Waals surface area contributed by atoms with Gasteiger partial charge in [-0.05, 0) is 25.7 Å². The van der Waals surface area contributed by atoms with Gasteiger partial charge in [-0.15, -0.1) is 0 Å². The van der Waals surface area contributed by atoms with Gasteiger partial charge < -0.3 is 10.4 Å². The van der Waals surface area contributed by atoms with Crippen LogP contribution in [0.1, 0.15) is 58.8 Å². The second-order valence-corrected chi connectivity index (χ2v) is 5.14. The minimum absolute atomic E-state index is 0.132. The Kier molecular flexibility index (Phi) is 6.26. The van der Waals surface area contributed by atoms with Crippen LogP contribution in [-0.2, 0) is 0 Å². The Morgan fingerprint density at radius 2 is 2.00 bits per heavy atom. The Balaban J connectivity index is 2.04. The summed E-state index contributed by atoms with van der Waals surface area (Å²) >= 11 is 0. The highest BCUT2D eigenvalue weighted by Gasteiger charge is 2.18. The molecule has 0 radical (unpaired) electrons. The molecule has 0 spiro atoms. The van der Waals surface area contributed by atoms with Crippen LogP contribution in [0.5, 0.6) is 0 Å². The van der Waals surface area contributed by atoms with Crippen molar-refractivity contribution in [2.75, 3.05) is 6.54 Å². The number of aliphatic hydroxyl groups excluding tert-OH is 1. The lowest BCUT2D eigenvalue weighted by Gasteiger charge is -2.19. The third-order valence-corrected chi connectivity index (χ3v) is 3.50. The maximum absolute atomic E-state index is 9.86. The van der Waals surface area contributed by atoms with Crippen molar-refractivity contribution >= 4 is 0 Å². The van der Waals surface area contributed by atoms with Crippen LogP contribution in [0, 0.1) is 5.92 Å². The third kappa shape index (κ3) is 5.53. The lowest BCUT2D eigenvalue weighted by Crippen LogP contribution is -2.34. The molecule has 2 unspecified atom stereocenters. The largest absolute Gasteiger partial charge is 0.392 e. The van der Waals surface area contributed by atoms with Gasteiger partial charge in [0.05, 0.1) is 6.10 Å². The van der Waals surface area contributed by atoms with Gasteiger partial charge in [0.1, 0.15) is 0 Å². The summed E-state index contributed by atoms with van der Waals surface area (Å²) in [4.78, 5) is 0. The molecule has 0 aromatic rings. The summed E-state index contributed by atoms with van der Waals surface area (Å²) < 4.78 is 0. The molecule has 2 atom stereocenters. The molecule has 15 heavy (non-hydrogen) atoms. The molecule has 1 fully saturated rings. The summed E-state index contributed by atoms with van der Waals surface area (Å²) in [6.45, 7) is 5.18.